The maximum Gasteiger partial charge on any atom is 0.309 e. The zero-order chi connectivity index (χ0) is 23.0. The van der Waals surface area contributed by atoms with E-state index >= 15 is 0 Å². The molecule has 4 heteroatoms. The predicted octanol–water partition coefficient (Wildman–Crippen LogP) is 8.24. The summed E-state index contributed by atoms with van der Waals surface area (Å²) in [5.41, 5.74) is 0. The standard InChI is InChI=1S/C27H50O4/c1-3-5-6-7-8-9-10-11-12-13-14-15-16-17-18-19-20-21-22-25(24-26(28)29)27(30)31-23-4-2/h19-20,25H,3-18,21-24H2,1-2H3,(H,28,29)/b20-19+. The number of carbonyl (C=O) groups is 2. The molecule has 0 saturated carbocycles. The van der Waals surface area contributed by atoms with Gasteiger partial charge in [-0.05, 0) is 32.1 Å². The Kier molecular flexibility index (Phi) is 22.4. The zero-order valence-electron chi connectivity index (χ0n) is 20.5. The SMILES string of the molecule is CCCCCCCCCCCCCCCC/C=C/CCC(CC(=O)O)C(=O)OCCC. The molecule has 1 unspecified atom stereocenters. The van der Waals surface area contributed by atoms with Crippen molar-refractivity contribution in [1.82, 2.24) is 0 Å². The van der Waals surface area contributed by atoms with E-state index in [0.717, 1.165) is 19.3 Å². The van der Waals surface area contributed by atoms with Crippen LogP contribution in [-0.4, -0.2) is 23.7 Å². The molecule has 0 heterocycles. The van der Waals surface area contributed by atoms with Gasteiger partial charge in [-0.2, -0.15) is 0 Å². The lowest BCUT2D eigenvalue weighted by molar-refractivity contribution is -0.153. The van der Waals surface area contributed by atoms with Gasteiger partial charge in [0.25, 0.3) is 0 Å². The Balaban J connectivity index is 3.53. The molecule has 1 atom stereocenters. The van der Waals surface area contributed by atoms with Gasteiger partial charge in [-0.25, -0.2) is 0 Å². The highest BCUT2D eigenvalue weighted by atomic mass is 16.5. The van der Waals surface area contributed by atoms with Crippen molar-refractivity contribution in [2.45, 2.75) is 136 Å². The molecule has 0 aliphatic heterocycles. The molecule has 4 nitrogen and oxygen atoms in total. The Morgan fingerprint density at radius 2 is 1.19 bits per heavy atom. The molecule has 0 rings (SSSR count). The molecule has 0 aromatic carbocycles. The lowest BCUT2D eigenvalue weighted by Crippen LogP contribution is -2.21. The Labute approximate surface area is 192 Å². The van der Waals surface area contributed by atoms with E-state index in [0.29, 0.717) is 13.0 Å². The van der Waals surface area contributed by atoms with Crippen LogP contribution in [0.1, 0.15) is 136 Å². The minimum Gasteiger partial charge on any atom is -0.481 e. The van der Waals surface area contributed by atoms with Gasteiger partial charge in [0.1, 0.15) is 0 Å². The molecule has 0 spiro atoms. The number of aliphatic carboxylic acids is 1. The summed E-state index contributed by atoms with van der Waals surface area (Å²) in [4.78, 5) is 22.9. The van der Waals surface area contributed by atoms with Gasteiger partial charge in [0.05, 0.1) is 18.9 Å². The molecular formula is C27H50O4. The number of carboxylic acid groups (broad SMARTS) is 1. The van der Waals surface area contributed by atoms with Crippen molar-refractivity contribution < 1.29 is 19.4 Å². The average molecular weight is 439 g/mol. The van der Waals surface area contributed by atoms with Crippen molar-refractivity contribution in [3.05, 3.63) is 12.2 Å². The third-order valence-electron chi connectivity index (χ3n) is 5.78. The van der Waals surface area contributed by atoms with Crippen molar-refractivity contribution in [2.75, 3.05) is 6.61 Å². The normalized spacial score (nSPS) is 12.3. The summed E-state index contributed by atoms with van der Waals surface area (Å²) >= 11 is 0. The second-order valence-electron chi connectivity index (χ2n) is 8.90. The van der Waals surface area contributed by atoms with Crippen LogP contribution < -0.4 is 0 Å². The fraction of sp³-hybridized carbons (Fsp3) is 0.852. The minimum absolute atomic E-state index is 0.144. The van der Waals surface area contributed by atoms with Crippen molar-refractivity contribution in [3.8, 4) is 0 Å². The smallest absolute Gasteiger partial charge is 0.309 e. The van der Waals surface area contributed by atoms with Crippen LogP contribution in [0, 0.1) is 5.92 Å². The van der Waals surface area contributed by atoms with Gasteiger partial charge in [0.15, 0.2) is 0 Å². The first-order chi connectivity index (χ1) is 15.1. The largest absolute Gasteiger partial charge is 0.481 e. The summed E-state index contributed by atoms with van der Waals surface area (Å²) in [6.45, 7) is 4.57. The maximum atomic E-state index is 11.9. The number of allylic oxidation sites excluding steroid dienone is 2. The van der Waals surface area contributed by atoms with E-state index in [4.69, 9.17) is 9.84 Å². The molecule has 0 fully saturated rings. The predicted molar refractivity (Wildman–Crippen MR) is 130 cm³/mol. The Morgan fingerprint density at radius 1 is 0.710 bits per heavy atom. The molecule has 0 aromatic heterocycles. The van der Waals surface area contributed by atoms with E-state index in [1.807, 2.05) is 6.92 Å². The van der Waals surface area contributed by atoms with Crippen LogP contribution in [0.4, 0.5) is 0 Å². The molecule has 0 aromatic rings. The number of rotatable bonds is 23. The fourth-order valence-corrected chi connectivity index (χ4v) is 3.82. The molecule has 182 valence electrons. The molecule has 0 aliphatic carbocycles. The highest BCUT2D eigenvalue weighted by Crippen LogP contribution is 2.16. The first-order valence-electron chi connectivity index (χ1n) is 13.1. The number of hydrogen-bond donors (Lipinski definition) is 1. The van der Waals surface area contributed by atoms with E-state index in [9.17, 15) is 9.59 Å². The van der Waals surface area contributed by atoms with Crippen LogP contribution in [-0.2, 0) is 14.3 Å². The summed E-state index contributed by atoms with van der Waals surface area (Å²) in [6.07, 6.45) is 26.4. The van der Waals surface area contributed by atoms with Gasteiger partial charge >= 0.3 is 11.9 Å². The molecule has 0 saturated heterocycles. The summed E-state index contributed by atoms with van der Waals surface area (Å²) < 4.78 is 5.12. The summed E-state index contributed by atoms with van der Waals surface area (Å²) in [5.74, 6) is -1.84. The number of carboxylic acids is 1. The molecule has 0 radical (unpaired) electrons. The Morgan fingerprint density at radius 3 is 1.68 bits per heavy atom. The van der Waals surface area contributed by atoms with E-state index < -0.39 is 11.9 Å². The summed E-state index contributed by atoms with van der Waals surface area (Å²) in [6, 6.07) is 0. The number of hydrogen-bond acceptors (Lipinski definition) is 3. The molecular weight excluding hydrogens is 388 g/mol. The summed E-state index contributed by atoms with van der Waals surface area (Å²) in [5, 5.41) is 8.98. The monoisotopic (exact) mass is 438 g/mol. The van der Waals surface area contributed by atoms with Gasteiger partial charge in [0, 0.05) is 0 Å². The lowest BCUT2D eigenvalue weighted by atomic mass is 9.99. The van der Waals surface area contributed by atoms with E-state index in [-0.39, 0.29) is 12.4 Å². The van der Waals surface area contributed by atoms with Crippen LogP contribution in [0.3, 0.4) is 0 Å². The van der Waals surface area contributed by atoms with Crippen molar-refractivity contribution in [1.29, 1.82) is 0 Å². The topological polar surface area (TPSA) is 63.6 Å². The van der Waals surface area contributed by atoms with Crippen molar-refractivity contribution >= 4 is 11.9 Å². The van der Waals surface area contributed by atoms with Gasteiger partial charge in [-0.3, -0.25) is 9.59 Å². The van der Waals surface area contributed by atoms with Gasteiger partial charge in [-0.1, -0.05) is 109 Å². The number of carbonyl (C=O) groups excluding carboxylic acids is 1. The zero-order valence-corrected chi connectivity index (χ0v) is 20.5. The number of unbranched alkanes of at least 4 members (excludes halogenated alkanes) is 14. The second-order valence-corrected chi connectivity index (χ2v) is 8.90. The number of ether oxygens (including phenoxy) is 1. The molecule has 0 amide bonds. The fourth-order valence-electron chi connectivity index (χ4n) is 3.82. The van der Waals surface area contributed by atoms with Gasteiger partial charge in [0.2, 0.25) is 0 Å². The molecule has 0 bridgehead atoms. The van der Waals surface area contributed by atoms with Crippen LogP contribution in [0.2, 0.25) is 0 Å². The first kappa shape index (κ1) is 29.7. The van der Waals surface area contributed by atoms with E-state index in [1.165, 1.54) is 89.9 Å². The lowest BCUT2D eigenvalue weighted by Gasteiger charge is -2.12. The van der Waals surface area contributed by atoms with Gasteiger partial charge in [-0.15, -0.1) is 0 Å². The van der Waals surface area contributed by atoms with Crippen LogP contribution in [0.5, 0.6) is 0 Å². The number of esters is 1. The van der Waals surface area contributed by atoms with Crippen LogP contribution in [0.15, 0.2) is 12.2 Å². The highest BCUT2D eigenvalue weighted by molar-refractivity contribution is 5.79. The van der Waals surface area contributed by atoms with Crippen LogP contribution in [0.25, 0.3) is 0 Å². The molecule has 31 heavy (non-hydrogen) atoms. The molecule has 1 N–H and O–H groups in total. The maximum absolute atomic E-state index is 11.9. The first-order valence-corrected chi connectivity index (χ1v) is 13.1. The quantitative estimate of drug-likeness (QED) is 0.0991. The van der Waals surface area contributed by atoms with Crippen molar-refractivity contribution in [2.24, 2.45) is 5.92 Å². The van der Waals surface area contributed by atoms with Crippen LogP contribution >= 0.6 is 0 Å². The van der Waals surface area contributed by atoms with Gasteiger partial charge < -0.3 is 9.84 Å². The van der Waals surface area contributed by atoms with E-state index in [2.05, 4.69) is 19.1 Å². The summed E-state index contributed by atoms with van der Waals surface area (Å²) in [7, 11) is 0. The highest BCUT2D eigenvalue weighted by Gasteiger charge is 2.22. The minimum atomic E-state index is -0.940. The third kappa shape index (κ3) is 21.7. The third-order valence-corrected chi connectivity index (χ3v) is 5.78. The average Bonchev–Trinajstić information content (AvgIpc) is 2.75. The Bertz CT molecular complexity index is 445. The van der Waals surface area contributed by atoms with Crippen molar-refractivity contribution in [3.63, 3.8) is 0 Å². The second kappa shape index (κ2) is 23.3. The Hall–Kier alpha value is -1.32. The van der Waals surface area contributed by atoms with E-state index in [1.54, 1.807) is 0 Å². The molecule has 0 aliphatic rings.